The van der Waals surface area contributed by atoms with Gasteiger partial charge in [0.2, 0.25) is 0 Å². The van der Waals surface area contributed by atoms with Crippen LogP contribution >= 0.6 is 7.26 Å². The number of rotatable bonds is 6. The Morgan fingerprint density at radius 2 is 1.19 bits per heavy atom. The molecule has 1 atom stereocenters. The number of allylic oxidation sites excluding steroid dienone is 1. The summed E-state index contributed by atoms with van der Waals surface area (Å²) in [4.78, 5) is 0. The van der Waals surface area contributed by atoms with E-state index in [1.165, 1.54) is 10.6 Å². The highest BCUT2D eigenvalue weighted by Crippen LogP contribution is 2.62. The van der Waals surface area contributed by atoms with Crippen molar-refractivity contribution in [3.63, 3.8) is 0 Å². The maximum Gasteiger partial charge on any atom is 0.196 e. The second-order valence-corrected chi connectivity index (χ2v) is 9.53. The molecule has 0 spiro atoms. The second kappa shape index (κ2) is 8.76. The van der Waals surface area contributed by atoms with Gasteiger partial charge in [-0.2, -0.15) is 0 Å². The minimum Gasteiger partial charge on any atom is -0.355 e. The van der Waals surface area contributed by atoms with Crippen molar-refractivity contribution in [1.82, 2.24) is 0 Å². The highest BCUT2D eigenvalue weighted by Gasteiger charge is 2.46. The van der Waals surface area contributed by atoms with Gasteiger partial charge in [-0.15, -0.1) is 0 Å². The van der Waals surface area contributed by atoms with Gasteiger partial charge in [0.25, 0.3) is 0 Å². The summed E-state index contributed by atoms with van der Waals surface area (Å²) in [7, 11) is -2.19. The van der Waals surface area contributed by atoms with Crippen LogP contribution in [0.5, 0.6) is 0 Å². The highest BCUT2D eigenvalue weighted by molar-refractivity contribution is 7.92. The molecule has 3 aromatic rings. The van der Waals surface area contributed by atoms with Crippen LogP contribution in [0.2, 0.25) is 0 Å². The number of hydrogen-bond acceptors (Lipinski definition) is 1. The summed E-state index contributed by atoms with van der Waals surface area (Å²) >= 11 is 0. The van der Waals surface area contributed by atoms with Crippen LogP contribution in [0, 0.1) is 0 Å². The van der Waals surface area contributed by atoms with Crippen LogP contribution in [0.3, 0.4) is 0 Å². The zero-order valence-corrected chi connectivity index (χ0v) is 15.8. The van der Waals surface area contributed by atoms with Gasteiger partial charge in [0.1, 0.15) is 17.9 Å². The summed E-state index contributed by atoms with van der Waals surface area (Å²) in [5, 5.41) is 13.6. The molecule has 0 bridgehead atoms. The van der Waals surface area contributed by atoms with Crippen LogP contribution in [0.4, 0.5) is 0 Å². The van der Waals surface area contributed by atoms with E-state index in [0.717, 1.165) is 5.56 Å². The lowest BCUT2D eigenvalue weighted by molar-refractivity contribution is 0.304. The Morgan fingerprint density at radius 1 is 0.731 bits per heavy atom. The average Bonchev–Trinajstić information content (AvgIpc) is 2.71. The van der Waals surface area contributed by atoms with E-state index in [1.807, 2.05) is 73.7 Å². The molecule has 0 aliphatic heterocycles. The largest absolute Gasteiger partial charge is 0.355 e. The van der Waals surface area contributed by atoms with Crippen molar-refractivity contribution >= 4 is 23.9 Å². The van der Waals surface area contributed by atoms with E-state index in [0.29, 0.717) is 0 Å². The number of aliphatic hydroxyl groups is 1. The van der Waals surface area contributed by atoms with E-state index in [4.69, 9.17) is 0 Å². The molecule has 0 saturated carbocycles. The average molecular weight is 359 g/mol. The Balaban J connectivity index is 2.23. The Morgan fingerprint density at radius 3 is 1.65 bits per heavy atom. The first kappa shape index (κ1) is 18.3. The first-order chi connectivity index (χ1) is 12.8. The SMILES string of the molecule is C/C=C\C(O)[P+](/C=C/c1ccccc1)(c1ccccc1)c1ccccc1. The van der Waals surface area contributed by atoms with Crippen molar-refractivity contribution < 1.29 is 5.11 Å². The lowest BCUT2D eigenvalue weighted by Gasteiger charge is -2.27. The molecule has 0 aromatic heterocycles. The normalized spacial score (nSPS) is 13.3. The Hall–Kier alpha value is -2.47. The van der Waals surface area contributed by atoms with Crippen molar-refractivity contribution in [2.75, 3.05) is 0 Å². The Labute approximate surface area is 156 Å². The molecule has 0 fully saturated rings. The molecule has 130 valence electrons. The lowest BCUT2D eigenvalue weighted by atomic mass is 10.2. The van der Waals surface area contributed by atoms with Gasteiger partial charge >= 0.3 is 0 Å². The first-order valence-corrected chi connectivity index (χ1v) is 10.7. The van der Waals surface area contributed by atoms with E-state index in [1.54, 1.807) is 0 Å². The number of benzene rings is 3. The van der Waals surface area contributed by atoms with Crippen molar-refractivity contribution in [3.05, 3.63) is 115 Å². The van der Waals surface area contributed by atoms with Crippen LogP contribution in [-0.2, 0) is 0 Å². The molecule has 3 rings (SSSR count). The third-order valence-electron chi connectivity index (χ3n) is 4.45. The standard InChI is InChI=1S/C24H24OP/c1-2-12-24(25)26(22-15-8-4-9-16-22,23-17-10-5-11-18-23)20-19-21-13-6-3-7-14-21/h2-20,24-25H,1H3/q+1/b12-2-,20-19+. The maximum absolute atomic E-state index is 11.3. The zero-order chi connectivity index (χ0) is 18.2. The van der Waals surface area contributed by atoms with Crippen LogP contribution in [0.15, 0.2) is 109 Å². The summed E-state index contributed by atoms with van der Waals surface area (Å²) in [6.45, 7) is 1.95. The predicted octanol–water partition coefficient (Wildman–Crippen LogP) is 5.22. The summed E-state index contributed by atoms with van der Waals surface area (Å²) in [6.07, 6.45) is 5.98. The molecule has 26 heavy (non-hydrogen) atoms. The van der Waals surface area contributed by atoms with Gasteiger partial charge in [-0.3, -0.25) is 0 Å². The van der Waals surface area contributed by atoms with E-state index in [2.05, 4.69) is 48.3 Å². The zero-order valence-electron chi connectivity index (χ0n) is 14.9. The third-order valence-corrected chi connectivity index (χ3v) is 8.38. The van der Waals surface area contributed by atoms with Gasteiger partial charge in [-0.1, -0.05) is 72.8 Å². The molecule has 3 aromatic carbocycles. The molecule has 1 N–H and O–H groups in total. The van der Waals surface area contributed by atoms with E-state index >= 15 is 0 Å². The van der Waals surface area contributed by atoms with Crippen molar-refractivity contribution in [2.24, 2.45) is 0 Å². The Kier molecular flexibility index (Phi) is 6.17. The van der Waals surface area contributed by atoms with Gasteiger partial charge in [-0.25, -0.2) is 0 Å². The molecule has 2 heteroatoms. The smallest absolute Gasteiger partial charge is 0.196 e. The van der Waals surface area contributed by atoms with Gasteiger partial charge in [0.15, 0.2) is 5.85 Å². The van der Waals surface area contributed by atoms with Crippen LogP contribution in [-0.4, -0.2) is 11.0 Å². The van der Waals surface area contributed by atoms with Crippen LogP contribution < -0.4 is 10.6 Å². The molecule has 0 aliphatic carbocycles. The van der Waals surface area contributed by atoms with Crippen LogP contribution in [0.1, 0.15) is 12.5 Å². The van der Waals surface area contributed by atoms with E-state index in [-0.39, 0.29) is 0 Å². The van der Waals surface area contributed by atoms with E-state index < -0.39 is 13.1 Å². The van der Waals surface area contributed by atoms with Gasteiger partial charge in [0, 0.05) is 0 Å². The molecule has 0 heterocycles. The quantitative estimate of drug-likeness (QED) is 0.472. The number of hydrogen-bond donors (Lipinski definition) is 1. The monoisotopic (exact) mass is 359 g/mol. The van der Waals surface area contributed by atoms with Gasteiger partial charge in [-0.05, 0) is 48.9 Å². The summed E-state index contributed by atoms with van der Waals surface area (Å²) in [5.41, 5.74) is 1.14. The van der Waals surface area contributed by atoms with Crippen molar-refractivity contribution in [2.45, 2.75) is 12.8 Å². The van der Waals surface area contributed by atoms with Gasteiger partial charge in [0.05, 0.1) is 5.82 Å². The molecular weight excluding hydrogens is 335 g/mol. The lowest BCUT2D eigenvalue weighted by Crippen LogP contribution is -2.29. The number of aliphatic hydroxyl groups excluding tert-OH is 1. The molecule has 0 saturated heterocycles. The molecular formula is C24H24OP+. The minimum absolute atomic E-state index is 0.572. The highest BCUT2D eigenvalue weighted by atomic mass is 31.2. The molecule has 1 nitrogen and oxygen atoms in total. The first-order valence-electron chi connectivity index (χ1n) is 8.82. The molecule has 0 aliphatic rings. The predicted molar refractivity (Wildman–Crippen MR) is 115 cm³/mol. The fraction of sp³-hybridized carbons (Fsp3) is 0.0833. The third kappa shape index (κ3) is 3.85. The Bertz CT molecular complexity index is 815. The summed E-state index contributed by atoms with van der Waals surface area (Å²) < 4.78 is 0. The fourth-order valence-corrected chi connectivity index (χ4v) is 6.75. The van der Waals surface area contributed by atoms with Crippen molar-refractivity contribution in [3.8, 4) is 0 Å². The minimum atomic E-state index is -2.19. The summed E-state index contributed by atoms with van der Waals surface area (Å²) in [6, 6.07) is 31.0. The van der Waals surface area contributed by atoms with Crippen LogP contribution in [0.25, 0.3) is 6.08 Å². The maximum atomic E-state index is 11.3. The molecule has 1 unspecified atom stereocenters. The second-order valence-electron chi connectivity index (χ2n) is 6.11. The van der Waals surface area contributed by atoms with Gasteiger partial charge < -0.3 is 5.11 Å². The fourth-order valence-electron chi connectivity index (χ4n) is 3.14. The van der Waals surface area contributed by atoms with E-state index in [9.17, 15) is 5.11 Å². The molecule has 0 amide bonds. The topological polar surface area (TPSA) is 20.2 Å². The molecule has 0 radical (unpaired) electrons. The van der Waals surface area contributed by atoms with Crippen molar-refractivity contribution in [1.29, 1.82) is 0 Å². The summed E-state index contributed by atoms with van der Waals surface area (Å²) in [5.74, 6) is 1.66.